The van der Waals surface area contributed by atoms with Crippen molar-refractivity contribution in [2.75, 3.05) is 7.11 Å². The molecule has 0 saturated heterocycles. The second-order valence-corrected chi connectivity index (χ2v) is 8.65. The lowest BCUT2D eigenvalue weighted by molar-refractivity contribution is -0.137. The van der Waals surface area contributed by atoms with Crippen LogP contribution in [-0.2, 0) is 23.7 Å². The van der Waals surface area contributed by atoms with E-state index < -0.39 is 0 Å². The van der Waals surface area contributed by atoms with E-state index in [-0.39, 0.29) is 10.8 Å². The first-order valence-corrected chi connectivity index (χ1v) is 9.53. The zero-order valence-electron chi connectivity index (χ0n) is 16.4. The van der Waals surface area contributed by atoms with Crippen molar-refractivity contribution in [1.29, 1.82) is 0 Å². The van der Waals surface area contributed by atoms with Gasteiger partial charge in [0.2, 0.25) is 0 Å². The van der Waals surface area contributed by atoms with Gasteiger partial charge < -0.3 is 4.74 Å². The molecule has 0 unspecified atom stereocenters. The number of para-hydroxylation sites is 1. The van der Waals surface area contributed by atoms with Crippen molar-refractivity contribution in [3.63, 3.8) is 0 Å². The van der Waals surface area contributed by atoms with Crippen LogP contribution in [0, 0.1) is 11.3 Å². The average Bonchev–Trinajstić information content (AvgIpc) is 2.96. The van der Waals surface area contributed by atoms with Crippen LogP contribution in [0.15, 0.2) is 24.3 Å². The van der Waals surface area contributed by atoms with E-state index in [4.69, 9.17) is 9.84 Å². The molecule has 0 bridgehead atoms. The van der Waals surface area contributed by atoms with Crippen LogP contribution in [0.5, 0.6) is 5.75 Å². The average molecular weight is 352 g/mol. The van der Waals surface area contributed by atoms with E-state index in [0.717, 1.165) is 36.3 Å². The van der Waals surface area contributed by atoms with Crippen LogP contribution in [0.4, 0.5) is 0 Å². The first-order chi connectivity index (χ1) is 12.3. The summed E-state index contributed by atoms with van der Waals surface area (Å²) in [4.78, 5) is 12.6. The molecule has 4 heteroatoms. The molecular weight excluding hydrogens is 324 g/mol. The summed E-state index contributed by atoms with van der Waals surface area (Å²) in [6.45, 7) is 6.59. The number of carbonyl (C=O) groups excluding carboxylic acids is 1. The molecule has 0 spiro atoms. The molecule has 2 aromatic rings. The third kappa shape index (κ3) is 2.20. The fraction of sp³-hybridized carbons (Fsp3) is 0.545. The van der Waals surface area contributed by atoms with Gasteiger partial charge in [0.25, 0.3) is 0 Å². The fourth-order valence-electron chi connectivity index (χ4n) is 5.55. The molecule has 1 heterocycles. The van der Waals surface area contributed by atoms with Gasteiger partial charge in [0.05, 0.1) is 18.5 Å². The van der Waals surface area contributed by atoms with Crippen LogP contribution in [0.3, 0.4) is 0 Å². The highest BCUT2D eigenvalue weighted by molar-refractivity contribution is 5.86. The zero-order chi connectivity index (χ0) is 18.7. The number of methoxy groups -OCH3 is 1. The molecule has 0 amide bonds. The second-order valence-electron chi connectivity index (χ2n) is 8.65. The number of rotatable bonds is 2. The smallest absolute Gasteiger partial charge is 0.138 e. The number of aryl methyl sites for hydroxylation is 1. The maximum absolute atomic E-state index is 12.6. The van der Waals surface area contributed by atoms with E-state index in [2.05, 4.69) is 26.8 Å². The molecule has 4 nitrogen and oxygen atoms in total. The number of fused-ring (bicyclic) bond motifs is 3. The Labute approximate surface area is 155 Å². The Morgan fingerprint density at radius 2 is 1.92 bits per heavy atom. The topological polar surface area (TPSA) is 44.1 Å². The number of hydrogen-bond donors (Lipinski definition) is 0. The molecule has 1 fully saturated rings. The SMILES string of the molecule is COc1ccccc1-c1c2c(nn1C)[C@@]1(C)CCC(=O)C(C)(C)[C@@H]1CC2. The molecule has 138 valence electrons. The maximum atomic E-state index is 12.6. The normalized spacial score (nSPS) is 27.0. The Morgan fingerprint density at radius 3 is 2.65 bits per heavy atom. The fourth-order valence-corrected chi connectivity index (χ4v) is 5.55. The van der Waals surface area contributed by atoms with E-state index in [1.807, 2.05) is 29.9 Å². The lowest BCUT2D eigenvalue weighted by Crippen LogP contribution is -2.52. The molecule has 0 aliphatic heterocycles. The van der Waals surface area contributed by atoms with Crippen molar-refractivity contribution < 1.29 is 9.53 Å². The van der Waals surface area contributed by atoms with Gasteiger partial charge in [-0.05, 0) is 37.3 Å². The van der Waals surface area contributed by atoms with Gasteiger partial charge in [0, 0.05) is 35.4 Å². The summed E-state index contributed by atoms with van der Waals surface area (Å²) in [6, 6.07) is 8.16. The van der Waals surface area contributed by atoms with Gasteiger partial charge in [-0.2, -0.15) is 5.10 Å². The molecule has 1 aromatic heterocycles. The van der Waals surface area contributed by atoms with Crippen molar-refractivity contribution in [1.82, 2.24) is 9.78 Å². The van der Waals surface area contributed by atoms with Crippen LogP contribution in [0.1, 0.15) is 51.3 Å². The largest absolute Gasteiger partial charge is 0.496 e. The highest BCUT2D eigenvalue weighted by Gasteiger charge is 2.55. The summed E-state index contributed by atoms with van der Waals surface area (Å²) in [5.41, 5.74) is 4.47. The number of ketones is 1. The number of Topliss-reactive ketones (excluding diaryl/α,β-unsaturated/α-hetero) is 1. The van der Waals surface area contributed by atoms with E-state index in [1.54, 1.807) is 7.11 Å². The number of hydrogen-bond acceptors (Lipinski definition) is 3. The summed E-state index contributed by atoms with van der Waals surface area (Å²) < 4.78 is 7.62. The van der Waals surface area contributed by atoms with Crippen molar-refractivity contribution in [2.24, 2.45) is 18.4 Å². The lowest BCUT2D eigenvalue weighted by Gasteiger charge is -2.51. The molecule has 4 rings (SSSR count). The van der Waals surface area contributed by atoms with Gasteiger partial charge in [-0.1, -0.05) is 32.9 Å². The van der Waals surface area contributed by atoms with Crippen molar-refractivity contribution in [3.05, 3.63) is 35.5 Å². The highest BCUT2D eigenvalue weighted by atomic mass is 16.5. The number of nitrogens with zero attached hydrogens (tertiary/aromatic N) is 2. The van der Waals surface area contributed by atoms with Gasteiger partial charge in [0.15, 0.2) is 0 Å². The minimum atomic E-state index is -0.271. The highest BCUT2D eigenvalue weighted by Crippen LogP contribution is 2.56. The Balaban J connectivity index is 1.89. The number of carbonyl (C=O) groups is 1. The van der Waals surface area contributed by atoms with Crippen molar-refractivity contribution in [3.8, 4) is 17.0 Å². The van der Waals surface area contributed by atoms with Gasteiger partial charge in [0.1, 0.15) is 11.5 Å². The van der Waals surface area contributed by atoms with Gasteiger partial charge in [-0.15, -0.1) is 0 Å². The van der Waals surface area contributed by atoms with Gasteiger partial charge in [-0.3, -0.25) is 9.48 Å². The minimum Gasteiger partial charge on any atom is -0.496 e. The third-order valence-corrected chi connectivity index (χ3v) is 6.96. The molecule has 2 atom stereocenters. The Bertz CT molecular complexity index is 880. The Kier molecular flexibility index (Phi) is 3.80. The number of ether oxygens (including phenoxy) is 1. The summed E-state index contributed by atoms with van der Waals surface area (Å²) in [6.07, 6.45) is 3.55. The summed E-state index contributed by atoms with van der Waals surface area (Å²) in [7, 11) is 3.74. The number of aromatic nitrogens is 2. The summed E-state index contributed by atoms with van der Waals surface area (Å²) in [5, 5.41) is 5.00. The van der Waals surface area contributed by atoms with Crippen LogP contribution < -0.4 is 4.74 Å². The molecule has 0 radical (unpaired) electrons. The minimum absolute atomic E-state index is 0.0387. The molecule has 2 aliphatic rings. The molecule has 2 aliphatic carbocycles. The first kappa shape index (κ1) is 17.3. The van der Waals surface area contributed by atoms with Gasteiger partial charge in [-0.25, -0.2) is 0 Å². The predicted molar refractivity (Wildman–Crippen MR) is 102 cm³/mol. The molecule has 1 saturated carbocycles. The molecule has 26 heavy (non-hydrogen) atoms. The van der Waals surface area contributed by atoms with Crippen LogP contribution in [0.25, 0.3) is 11.3 Å². The van der Waals surface area contributed by atoms with Crippen molar-refractivity contribution in [2.45, 2.75) is 51.9 Å². The monoisotopic (exact) mass is 352 g/mol. The van der Waals surface area contributed by atoms with Gasteiger partial charge >= 0.3 is 0 Å². The molecular formula is C22H28N2O2. The Hall–Kier alpha value is -2.10. The van der Waals surface area contributed by atoms with Crippen molar-refractivity contribution >= 4 is 5.78 Å². The van der Waals surface area contributed by atoms with E-state index in [9.17, 15) is 4.79 Å². The quantitative estimate of drug-likeness (QED) is 0.809. The predicted octanol–water partition coefficient (Wildman–Crippen LogP) is 4.30. The molecule has 1 aromatic carbocycles. The first-order valence-electron chi connectivity index (χ1n) is 9.53. The summed E-state index contributed by atoms with van der Waals surface area (Å²) >= 11 is 0. The van der Waals surface area contributed by atoms with Crippen LogP contribution >= 0.6 is 0 Å². The third-order valence-electron chi connectivity index (χ3n) is 6.96. The number of benzene rings is 1. The van der Waals surface area contributed by atoms with E-state index in [0.29, 0.717) is 18.1 Å². The van der Waals surface area contributed by atoms with Crippen LogP contribution in [0.2, 0.25) is 0 Å². The zero-order valence-corrected chi connectivity index (χ0v) is 16.4. The Morgan fingerprint density at radius 1 is 1.19 bits per heavy atom. The van der Waals surface area contributed by atoms with E-state index in [1.165, 1.54) is 11.3 Å². The maximum Gasteiger partial charge on any atom is 0.138 e. The summed E-state index contributed by atoms with van der Waals surface area (Å²) in [5.74, 6) is 1.64. The molecule has 0 N–H and O–H groups in total. The second kappa shape index (κ2) is 5.70. The standard InChI is InChI=1S/C22H28N2O2/c1-21(2)17-11-10-15-19(14-8-6-7-9-16(14)26-5)24(4)23-20(15)22(17,3)13-12-18(21)25/h6-9,17H,10-13H2,1-5H3/t17-,22-/m0/s1. The van der Waals surface area contributed by atoms with E-state index >= 15 is 0 Å². The lowest BCUT2D eigenvalue weighted by atomic mass is 9.51. The van der Waals surface area contributed by atoms with Crippen LogP contribution in [-0.4, -0.2) is 22.7 Å².